The van der Waals surface area contributed by atoms with E-state index in [2.05, 4.69) is 30.6 Å². The molecule has 0 spiro atoms. The zero-order valence-corrected chi connectivity index (χ0v) is 14.1. The summed E-state index contributed by atoms with van der Waals surface area (Å²) in [5, 5.41) is 1.02. The monoisotopic (exact) mass is 307 g/mol. The molecule has 1 saturated carbocycles. The van der Waals surface area contributed by atoms with Crippen LogP contribution in [0.2, 0.25) is 0 Å². The predicted molar refractivity (Wildman–Crippen MR) is 87.6 cm³/mol. The summed E-state index contributed by atoms with van der Waals surface area (Å²) in [7, 11) is 0. The molecule has 1 aliphatic heterocycles. The van der Waals surface area contributed by atoms with E-state index < -0.39 is 0 Å². The van der Waals surface area contributed by atoms with Crippen molar-refractivity contribution in [1.82, 2.24) is 9.88 Å². The lowest BCUT2D eigenvalue weighted by atomic mass is 9.91. The van der Waals surface area contributed by atoms with Gasteiger partial charge in [0.1, 0.15) is 0 Å². The Bertz CT molecular complexity index is 508. The van der Waals surface area contributed by atoms with Crippen LogP contribution in [0, 0.1) is 5.92 Å². The summed E-state index contributed by atoms with van der Waals surface area (Å²) in [6.45, 7) is 11.9. The van der Waals surface area contributed by atoms with Gasteiger partial charge in [-0.05, 0) is 18.8 Å². The Kier molecular flexibility index (Phi) is 4.06. The standard InChI is InChI=1S/C16H25N3OS/c1-16(2,3)14-13(11-20)21-15(17-14)19-8-6-18(7-9-19)10-12-4-5-12/h11-12H,4-10H2,1-3H3. The molecule has 2 aliphatic rings. The number of piperazine rings is 1. The lowest BCUT2D eigenvalue weighted by Crippen LogP contribution is -2.47. The van der Waals surface area contributed by atoms with Gasteiger partial charge in [-0.25, -0.2) is 4.98 Å². The molecule has 5 heteroatoms. The number of carbonyl (C=O) groups excluding carboxylic acids is 1. The molecule has 1 saturated heterocycles. The first-order valence-electron chi connectivity index (χ1n) is 7.91. The van der Waals surface area contributed by atoms with Crippen LogP contribution in [0.5, 0.6) is 0 Å². The van der Waals surface area contributed by atoms with Crippen molar-refractivity contribution in [2.75, 3.05) is 37.6 Å². The van der Waals surface area contributed by atoms with E-state index in [1.807, 2.05) is 0 Å². The third-order valence-electron chi connectivity index (χ3n) is 4.32. The smallest absolute Gasteiger partial charge is 0.186 e. The van der Waals surface area contributed by atoms with E-state index >= 15 is 0 Å². The van der Waals surface area contributed by atoms with Gasteiger partial charge in [0.2, 0.25) is 0 Å². The van der Waals surface area contributed by atoms with Gasteiger partial charge in [0.15, 0.2) is 11.4 Å². The number of thiazole rings is 1. The SMILES string of the molecule is CC(C)(C)c1nc(N2CCN(CC3CC3)CC2)sc1C=O. The second kappa shape index (κ2) is 5.69. The molecule has 0 radical (unpaired) electrons. The maximum Gasteiger partial charge on any atom is 0.186 e. The zero-order valence-electron chi connectivity index (χ0n) is 13.3. The van der Waals surface area contributed by atoms with Crippen molar-refractivity contribution < 1.29 is 4.79 Å². The van der Waals surface area contributed by atoms with E-state index in [1.54, 1.807) is 11.3 Å². The van der Waals surface area contributed by atoms with Gasteiger partial charge >= 0.3 is 0 Å². The first-order valence-corrected chi connectivity index (χ1v) is 8.73. The van der Waals surface area contributed by atoms with Gasteiger partial charge < -0.3 is 4.90 Å². The van der Waals surface area contributed by atoms with Crippen LogP contribution >= 0.6 is 11.3 Å². The second-order valence-electron chi connectivity index (χ2n) is 7.31. The Balaban J connectivity index is 1.67. The molecule has 4 nitrogen and oxygen atoms in total. The molecule has 21 heavy (non-hydrogen) atoms. The number of aldehydes is 1. The zero-order chi connectivity index (χ0) is 15.0. The Morgan fingerprint density at radius 3 is 2.38 bits per heavy atom. The summed E-state index contributed by atoms with van der Waals surface area (Å²) < 4.78 is 0. The van der Waals surface area contributed by atoms with E-state index in [4.69, 9.17) is 4.98 Å². The maximum atomic E-state index is 11.3. The lowest BCUT2D eigenvalue weighted by molar-refractivity contribution is 0.112. The minimum atomic E-state index is -0.0706. The number of hydrogen-bond donors (Lipinski definition) is 0. The van der Waals surface area contributed by atoms with Crippen molar-refractivity contribution in [2.45, 2.75) is 39.0 Å². The minimum absolute atomic E-state index is 0.0706. The number of hydrogen-bond acceptors (Lipinski definition) is 5. The summed E-state index contributed by atoms with van der Waals surface area (Å²) in [6.07, 6.45) is 3.81. The molecule has 2 fully saturated rings. The number of rotatable bonds is 4. The average Bonchev–Trinajstić information content (AvgIpc) is 3.13. The Morgan fingerprint density at radius 2 is 1.90 bits per heavy atom. The topological polar surface area (TPSA) is 36.4 Å². The van der Waals surface area contributed by atoms with Crippen LogP contribution in [0.1, 0.15) is 49.0 Å². The van der Waals surface area contributed by atoms with E-state index in [9.17, 15) is 4.79 Å². The van der Waals surface area contributed by atoms with Crippen molar-refractivity contribution in [2.24, 2.45) is 5.92 Å². The van der Waals surface area contributed by atoms with Crippen LogP contribution in [-0.4, -0.2) is 48.9 Å². The van der Waals surface area contributed by atoms with Gasteiger partial charge in [0.25, 0.3) is 0 Å². The van der Waals surface area contributed by atoms with Gasteiger partial charge in [-0.2, -0.15) is 0 Å². The third-order valence-corrected chi connectivity index (χ3v) is 5.36. The van der Waals surface area contributed by atoms with E-state index in [-0.39, 0.29) is 5.41 Å². The summed E-state index contributed by atoms with van der Waals surface area (Å²) in [4.78, 5) is 21.8. The molecular formula is C16H25N3OS. The molecule has 0 unspecified atom stereocenters. The average molecular weight is 307 g/mol. The molecule has 0 atom stereocenters. The fourth-order valence-electron chi connectivity index (χ4n) is 2.86. The highest BCUT2D eigenvalue weighted by Crippen LogP contribution is 2.34. The van der Waals surface area contributed by atoms with Crippen LogP contribution in [0.4, 0.5) is 5.13 Å². The van der Waals surface area contributed by atoms with Gasteiger partial charge in [0.05, 0.1) is 10.6 Å². The van der Waals surface area contributed by atoms with Crippen LogP contribution in [0.3, 0.4) is 0 Å². The fourth-order valence-corrected chi connectivity index (χ4v) is 4.00. The van der Waals surface area contributed by atoms with Crippen LogP contribution < -0.4 is 4.90 Å². The Morgan fingerprint density at radius 1 is 1.24 bits per heavy atom. The number of anilines is 1. The number of aromatic nitrogens is 1. The molecule has 1 aliphatic carbocycles. The summed E-state index contributed by atoms with van der Waals surface area (Å²) in [5.41, 5.74) is 0.872. The molecule has 116 valence electrons. The maximum absolute atomic E-state index is 11.3. The van der Waals surface area contributed by atoms with Crippen LogP contribution in [0.25, 0.3) is 0 Å². The molecular weight excluding hydrogens is 282 g/mol. The predicted octanol–water partition coefficient (Wildman–Crippen LogP) is 2.79. The van der Waals surface area contributed by atoms with Gasteiger partial charge in [0, 0.05) is 38.1 Å². The first-order chi connectivity index (χ1) is 9.97. The Labute approximate surface area is 131 Å². The van der Waals surface area contributed by atoms with E-state index in [0.29, 0.717) is 0 Å². The van der Waals surface area contributed by atoms with Gasteiger partial charge in [-0.3, -0.25) is 9.69 Å². The van der Waals surface area contributed by atoms with E-state index in [0.717, 1.165) is 54.1 Å². The van der Waals surface area contributed by atoms with Crippen molar-refractivity contribution in [1.29, 1.82) is 0 Å². The molecule has 3 rings (SSSR count). The first kappa shape index (κ1) is 15.0. The Hall–Kier alpha value is -0.940. The molecule has 1 aromatic heterocycles. The largest absolute Gasteiger partial charge is 0.346 e. The molecule has 0 amide bonds. The van der Waals surface area contributed by atoms with Crippen molar-refractivity contribution >= 4 is 22.8 Å². The highest BCUT2D eigenvalue weighted by atomic mass is 32.1. The summed E-state index contributed by atoms with van der Waals surface area (Å²) >= 11 is 1.55. The molecule has 0 aromatic carbocycles. The quantitative estimate of drug-likeness (QED) is 0.802. The lowest BCUT2D eigenvalue weighted by Gasteiger charge is -2.34. The molecule has 0 N–H and O–H groups in total. The van der Waals surface area contributed by atoms with Crippen LogP contribution in [-0.2, 0) is 5.41 Å². The van der Waals surface area contributed by atoms with Crippen molar-refractivity contribution in [3.05, 3.63) is 10.6 Å². The van der Waals surface area contributed by atoms with Crippen molar-refractivity contribution in [3.63, 3.8) is 0 Å². The molecule has 1 aromatic rings. The summed E-state index contributed by atoms with van der Waals surface area (Å²) in [5.74, 6) is 0.963. The minimum Gasteiger partial charge on any atom is -0.346 e. The highest BCUT2D eigenvalue weighted by molar-refractivity contribution is 7.17. The third kappa shape index (κ3) is 3.46. The number of carbonyl (C=O) groups is 1. The second-order valence-corrected chi connectivity index (χ2v) is 8.32. The van der Waals surface area contributed by atoms with Gasteiger partial charge in [-0.15, -0.1) is 0 Å². The summed E-state index contributed by atoms with van der Waals surface area (Å²) in [6, 6.07) is 0. The van der Waals surface area contributed by atoms with Crippen LogP contribution in [0.15, 0.2) is 0 Å². The van der Waals surface area contributed by atoms with Gasteiger partial charge in [-0.1, -0.05) is 32.1 Å². The normalized spacial score (nSPS) is 20.8. The molecule has 2 heterocycles. The molecule has 0 bridgehead atoms. The highest BCUT2D eigenvalue weighted by Gasteiger charge is 2.29. The van der Waals surface area contributed by atoms with E-state index in [1.165, 1.54) is 19.4 Å². The van der Waals surface area contributed by atoms with Crippen molar-refractivity contribution in [3.8, 4) is 0 Å². The number of nitrogens with zero attached hydrogens (tertiary/aromatic N) is 3. The fraction of sp³-hybridized carbons (Fsp3) is 0.750.